The molecule has 0 aliphatic carbocycles. The third kappa shape index (κ3) is 3.61. The maximum Gasteiger partial charge on any atom is 0.343 e. The molecule has 0 spiro atoms. The molecule has 29 heavy (non-hydrogen) atoms. The van der Waals surface area contributed by atoms with Crippen molar-refractivity contribution in [1.82, 2.24) is 19.5 Å². The molecule has 2 heterocycles. The van der Waals surface area contributed by atoms with Gasteiger partial charge in [0.05, 0.1) is 18.5 Å². The van der Waals surface area contributed by atoms with Gasteiger partial charge in [0.2, 0.25) is 4.96 Å². The van der Waals surface area contributed by atoms with Crippen LogP contribution in [0, 0.1) is 6.92 Å². The highest BCUT2D eigenvalue weighted by Crippen LogP contribution is 2.35. The summed E-state index contributed by atoms with van der Waals surface area (Å²) in [5.74, 6) is 0.0674. The van der Waals surface area contributed by atoms with E-state index in [1.165, 1.54) is 44.7 Å². The number of ether oxygens (including phenoxy) is 1. The number of hydrogen-bond acceptors (Lipinski definition) is 8. The molecule has 1 N–H and O–H groups in total. The van der Waals surface area contributed by atoms with E-state index in [0.717, 1.165) is 4.90 Å². The molecule has 11 heteroatoms. The summed E-state index contributed by atoms with van der Waals surface area (Å²) in [5, 5.41) is 14.1. The van der Waals surface area contributed by atoms with Crippen molar-refractivity contribution in [2.45, 2.75) is 31.3 Å². The van der Waals surface area contributed by atoms with E-state index in [1.807, 2.05) is 0 Å². The predicted octanol–water partition coefficient (Wildman–Crippen LogP) is 2.46. The summed E-state index contributed by atoms with van der Waals surface area (Å²) in [5.41, 5.74) is 0.582. The van der Waals surface area contributed by atoms with Crippen LogP contribution in [0.3, 0.4) is 0 Å². The number of carbonyl (C=O) groups is 1. The van der Waals surface area contributed by atoms with Crippen molar-refractivity contribution in [2.24, 2.45) is 0 Å². The Morgan fingerprint density at radius 2 is 1.97 bits per heavy atom. The van der Waals surface area contributed by atoms with Gasteiger partial charge in [0, 0.05) is 19.7 Å². The highest BCUT2D eigenvalue weighted by molar-refractivity contribution is 8.06. The minimum Gasteiger partial charge on any atom is -0.495 e. The lowest BCUT2D eigenvalue weighted by molar-refractivity contribution is 0.0773. The van der Waals surface area contributed by atoms with Crippen molar-refractivity contribution < 1.29 is 23.1 Å². The smallest absolute Gasteiger partial charge is 0.343 e. The molecule has 0 unspecified atom stereocenters. The summed E-state index contributed by atoms with van der Waals surface area (Å²) in [6.07, 6.45) is 0. The van der Waals surface area contributed by atoms with E-state index in [9.17, 15) is 18.3 Å². The first-order chi connectivity index (χ1) is 13.4. The molecule has 1 amide bonds. The first kappa shape index (κ1) is 21.2. The number of sulfone groups is 1. The van der Waals surface area contributed by atoms with Crippen LogP contribution in [0.2, 0.25) is 0 Å². The van der Waals surface area contributed by atoms with Crippen molar-refractivity contribution in [3.63, 3.8) is 0 Å². The molecule has 0 saturated heterocycles. The second kappa shape index (κ2) is 7.08. The number of fused-ring (bicyclic) bond motifs is 1. The molecular formula is C18H22N4O5S2. The summed E-state index contributed by atoms with van der Waals surface area (Å²) >= 11 is 1.25. The minimum absolute atomic E-state index is 0.0674. The van der Waals surface area contributed by atoms with Gasteiger partial charge in [0.1, 0.15) is 21.3 Å². The summed E-state index contributed by atoms with van der Waals surface area (Å²) in [7, 11) is -0.226. The Bertz CT molecular complexity index is 1200. The topological polar surface area (TPSA) is 114 Å². The number of imidazole rings is 1. The third-order valence-electron chi connectivity index (χ3n) is 4.22. The highest BCUT2D eigenvalue weighted by Gasteiger charge is 2.31. The molecule has 9 nitrogen and oxygen atoms in total. The van der Waals surface area contributed by atoms with E-state index in [2.05, 4.69) is 10.1 Å². The zero-order valence-electron chi connectivity index (χ0n) is 16.9. The molecular weight excluding hydrogens is 416 g/mol. The van der Waals surface area contributed by atoms with Gasteiger partial charge >= 0.3 is 5.24 Å². The van der Waals surface area contributed by atoms with Gasteiger partial charge < -0.3 is 14.7 Å². The highest BCUT2D eigenvalue weighted by atomic mass is 32.2. The van der Waals surface area contributed by atoms with Gasteiger partial charge in [-0.25, -0.2) is 17.9 Å². The largest absolute Gasteiger partial charge is 0.495 e. The Labute approximate surface area is 172 Å². The van der Waals surface area contributed by atoms with E-state index in [0.29, 0.717) is 26.9 Å². The fourth-order valence-electron chi connectivity index (χ4n) is 2.80. The van der Waals surface area contributed by atoms with Gasteiger partial charge in [0.25, 0.3) is 9.84 Å². The second-order valence-electron chi connectivity index (χ2n) is 7.24. The molecule has 2 aromatic heterocycles. The van der Waals surface area contributed by atoms with Crippen molar-refractivity contribution in [2.75, 3.05) is 21.2 Å². The number of aryl methyl sites for hydroxylation is 1. The van der Waals surface area contributed by atoms with Crippen molar-refractivity contribution >= 4 is 31.4 Å². The van der Waals surface area contributed by atoms with E-state index < -0.39 is 20.7 Å². The number of rotatable bonds is 4. The van der Waals surface area contributed by atoms with Crippen LogP contribution in [-0.2, 0) is 15.4 Å². The van der Waals surface area contributed by atoms with Crippen LogP contribution in [0.25, 0.3) is 16.2 Å². The Balaban J connectivity index is 2.25. The summed E-state index contributed by atoms with van der Waals surface area (Å²) in [6, 6.07) is 4.56. The molecule has 0 saturated carbocycles. The maximum absolute atomic E-state index is 12.8. The van der Waals surface area contributed by atoms with E-state index in [1.54, 1.807) is 31.4 Å². The number of nitrogens with zero attached hydrogens (tertiary/aromatic N) is 4. The van der Waals surface area contributed by atoms with Crippen molar-refractivity contribution in [3.05, 3.63) is 28.9 Å². The van der Waals surface area contributed by atoms with Gasteiger partial charge in [-0.2, -0.15) is 5.10 Å². The first-order valence-corrected chi connectivity index (χ1v) is 10.9. The summed E-state index contributed by atoms with van der Waals surface area (Å²) < 4.78 is 32.4. The van der Waals surface area contributed by atoms with Crippen LogP contribution in [0.4, 0.5) is 4.79 Å². The number of aliphatic hydroxyl groups is 1. The maximum atomic E-state index is 12.8. The van der Waals surface area contributed by atoms with E-state index >= 15 is 0 Å². The van der Waals surface area contributed by atoms with E-state index in [-0.39, 0.29) is 10.6 Å². The molecule has 156 valence electrons. The van der Waals surface area contributed by atoms with Crippen LogP contribution in [0.5, 0.6) is 5.75 Å². The quantitative estimate of drug-likeness (QED) is 0.665. The second-order valence-corrected chi connectivity index (χ2v) is 9.99. The van der Waals surface area contributed by atoms with Crippen molar-refractivity contribution in [3.8, 4) is 17.0 Å². The summed E-state index contributed by atoms with van der Waals surface area (Å²) in [4.78, 5) is 18.1. The monoisotopic (exact) mass is 438 g/mol. The van der Waals surface area contributed by atoms with Crippen LogP contribution >= 0.6 is 11.3 Å². The Morgan fingerprint density at radius 1 is 1.31 bits per heavy atom. The molecule has 0 radical (unpaired) electrons. The van der Waals surface area contributed by atoms with Gasteiger partial charge in [-0.1, -0.05) is 11.3 Å². The fourth-order valence-corrected chi connectivity index (χ4v) is 5.11. The number of carbonyl (C=O) groups excluding carboxylic acids is 1. The summed E-state index contributed by atoms with van der Waals surface area (Å²) in [6.45, 7) is 5.04. The number of benzene rings is 1. The zero-order chi connectivity index (χ0) is 21.7. The Morgan fingerprint density at radius 3 is 2.52 bits per heavy atom. The number of amides is 1. The predicted molar refractivity (Wildman–Crippen MR) is 109 cm³/mol. The number of methoxy groups -OCH3 is 1. The van der Waals surface area contributed by atoms with Crippen LogP contribution < -0.4 is 4.74 Å². The molecule has 3 aromatic rings. The van der Waals surface area contributed by atoms with E-state index in [4.69, 9.17) is 4.74 Å². The van der Waals surface area contributed by atoms with Crippen LogP contribution in [-0.4, -0.2) is 59.5 Å². The molecule has 0 atom stereocenters. The van der Waals surface area contributed by atoms with Gasteiger partial charge in [-0.15, -0.1) is 0 Å². The fraction of sp³-hybridized carbons (Fsp3) is 0.389. The van der Waals surface area contributed by atoms with Crippen LogP contribution in [0.1, 0.15) is 24.5 Å². The SMILES string of the molecule is COc1ccc(-c2c(C)nc3sc(C(C)(C)O)nn23)cc1S(=O)(=O)C(=O)N(C)C. The lowest BCUT2D eigenvalue weighted by atomic mass is 10.1. The normalized spacial score (nSPS) is 12.4. The van der Waals surface area contributed by atoms with Gasteiger partial charge in [-0.05, 0) is 39.0 Å². The molecule has 0 aliphatic rings. The number of hydrogen-bond donors (Lipinski definition) is 1. The molecule has 0 aliphatic heterocycles. The van der Waals surface area contributed by atoms with Gasteiger partial charge in [0.15, 0.2) is 0 Å². The molecule has 1 aromatic carbocycles. The Hall–Kier alpha value is -2.50. The lowest BCUT2D eigenvalue weighted by Crippen LogP contribution is -2.28. The Kier molecular flexibility index (Phi) is 5.18. The average Bonchev–Trinajstić information content (AvgIpc) is 3.17. The third-order valence-corrected chi connectivity index (χ3v) is 7.17. The molecule has 0 bridgehead atoms. The lowest BCUT2D eigenvalue weighted by Gasteiger charge is -2.14. The molecule has 0 fully saturated rings. The molecule has 3 rings (SSSR count). The number of aromatic nitrogens is 3. The van der Waals surface area contributed by atoms with Gasteiger partial charge in [-0.3, -0.25) is 4.79 Å². The minimum atomic E-state index is -4.30. The zero-order valence-corrected chi connectivity index (χ0v) is 18.6. The van der Waals surface area contributed by atoms with Crippen LogP contribution in [0.15, 0.2) is 23.1 Å². The average molecular weight is 439 g/mol. The first-order valence-electron chi connectivity index (χ1n) is 8.61. The standard InChI is InChI=1S/C18H22N4O5S2/c1-10-14(22-16(19-10)28-15(20-22)18(2,3)24)11-7-8-12(27-6)13(9-11)29(25,26)17(23)21(4)5/h7-9,24H,1-6H3. The van der Waals surface area contributed by atoms with Crippen molar-refractivity contribution in [1.29, 1.82) is 0 Å².